The molecule has 108 valence electrons. The van der Waals surface area contributed by atoms with E-state index >= 15 is 0 Å². The van der Waals surface area contributed by atoms with Gasteiger partial charge < -0.3 is 21.1 Å². The zero-order valence-corrected chi connectivity index (χ0v) is 9.63. The highest BCUT2D eigenvalue weighted by molar-refractivity contribution is 5.86. The summed E-state index contributed by atoms with van der Waals surface area (Å²) in [6, 6.07) is -1.12. The van der Waals surface area contributed by atoms with Gasteiger partial charge in [-0.15, -0.1) is 0 Å². The number of amides is 3. The van der Waals surface area contributed by atoms with Crippen molar-refractivity contribution in [2.45, 2.75) is 24.6 Å². The zero-order valence-electron chi connectivity index (χ0n) is 9.63. The Kier molecular flexibility index (Phi) is 4.22. The minimum Gasteiger partial charge on any atom is -0.480 e. The molecular weight excluding hydrogens is 271 g/mol. The Bertz CT molecular complexity index is 393. The van der Waals surface area contributed by atoms with E-state index in [0.29, 0.717) is 0 Å². The molecule has 1 saturated carbocycles. The number of alkyl halides is 3. The van der Waals surface area contributed by atoms with E-state index in [1.807, 2.05) is 10.6 Å². The van der Waals surface area contributed by atoms with Crippen molar-refractivity contribution < 1.29 is 32.7 Å². The van der Waals surface area contributed by atoms with Gasteiger partial charge in [0.1, 0.15) is 12.1 Å². The maximum absolute atomic E-state index is 12.5. The molecule has 0 aromatic rings. The van der Waals surface area contributed by atoms with Gasteiger partial charge in [0, 0.05) is 0 Å². The first-order valence-corrected chi connectivity index (χ1v) is 5.27. The molecule has 0 unspecified atom stereocenters. The van der Waals surface area contributed by atoms with Crippen molar-refractivity contribution in [2.75, 3.05) is 13.1 Å². The van der Waals surface area contributed by atoms with E-state index in [4.69, 9.17) is 5.11 Å². The van der Waals surface area contributed by atoms with Gasteiger partial charge in [0.2, 0.25) is 5.91 Å². The molecule has 0 heterocycles. The lowest BCUT2D eigenvalue weighted by Crippen LogP contribution is -2.52. The van der Waals surface area contributed by atoms with Crippen LogP contribution in [0.15, 0.2) is 0 Å². The quantitative estimate of drug-likeness (QED) is 0.549. The molecule has 0 radical (unpaired) electrons. The number of urea groups is 1. The molecule has 0 saturated heterocycles. The average molecular weight is 283 g/mol. The van der Waals surface area contributed by atoms with E-state index in [1.54, 1.807) is 5.32 Å². The van der Waals surface area contributed by atoms with Crippen LogP contribution in [0, 0.1) is 0 Å². The highest BCUT2D eigenvalue weighted by atomic mass is 19.4. The van der Waals surface area contributed by atoms with Gasteiger partial charge in [-0.3, -0.25) is 9.59 Å². The van der Waals surface area contributed by atoms with Crippen LogP contribution in [0.4, 0.5) is 18.0 Å². The molecule has 1 fully saturated rings. The van der Waals surface area contributed by atoms with Gasteiger partial charge in [0.15, 0.2) is 0 Å². The molecule has 0 aromatic heterocycles. The van der Waals surface area contributed by atoms with Gasteiger partial charge in [0.05, 0.1) is 6.54 Å². The van der Waals surface area contributed by atoms with E-state index in [9.17, 15) is 27.6 Å². The van der Waals surface area contributed by atoms with Gasteiger partial charge in [0.25, 0.3) is 0 Å². The summed E-state index contributed by atoms with van der Waals surface area (Å²) < 4.78 is 37.4. The molecule has 1 aliphatic carbocycles. The Hall–Kier alpha value is -2.00. The molecule has 0 spiro atoms. The molecule has 0 atom stereocenters. The Morgan fingerprint density at radius 3 is 2.11 bits per heavy atom. The minimum absolute atomic E-state index is 0.199. The molecular formula is C9H12F3N3O4. The molecule has 1 aliphatic rings. The number of nitrogens with one attached hydrogen (secondary N) is 3. The van der Waals surface area contributed by atoms with E-state index in [-0.39, 0.29) is 12.8 Å². The first-order chi connectivity index (χ1) is 8.66. The van der Waals surface area contributed by atoms with Crippen LogP contribution < -0.4 is 16.0 Å². The van der Waals surface area contributed by atoms with Crippen molar-refractivity contribution in [2.24, 2.45) is 0 Å². The van der Waals surface area contributed by atoms with Crippen molar-refractivity contribution >= 4 is 17.9 Å². The number of carbonyl (C=O) groups excluding carboxylic acids is 2. The van der Waals surface area contributed by atoms with Crippen LogP contribution in [0.1, 0.15) is 12.8 Å². The number of carboxylic acids is 1. The third-order valence-electron chi connectivity index (χ3n) is 2.49. The highest BCUT2D eigenvalue weighted by Gasteiger charge is 2.64. The number of aliphatic carboxylic acids is 1. The fourth-order valence-electron chi connectivity index (χ4n) is 1.26. The number of hydrogen-bond acceptors (Lipinski definition) is 3. The Balaban J connectivity index is 2.29. The third kappa shape index (κ3) is 4.30. The van der Waals surface area contributed by atoms with Crippen molar-refractivity contribution in [3.8, 4) is 0 Å². The van der Waals surface area contributed by atoms with Gasteiger partial charge in [-0.05, 0) is 12.8 Å². The van der Waals surface area contributed by atoms with E-state index in [0.717, 1.165) is 0 Å². The summed E-state index contributed by atoms with van der Waals surface area (Å²) in [5.41, 5.74) is -2.20. The van der Waals surface area contributed by atoms with Crippen molar-refractivity contribution in [3.63, 3.8) is 0 Å². The van der Waals surface area contributed by atoms with Gasteiger partial charge in [-0.25, -0.2) is 4.79 Å². The van der Waals surface area contributed by atoms with Gasteiger partial charge in [-0.1, -0.05) is 0 Å². The third-order valence-corrected chi connectivity index (χ3v) is 2.49. The predicted octanol–water partition coefficient (Wildman–Crippen LogP) is -0.419. The number of hydrogen-bond donors (Lipinski definition) is 4. The number of carbonyl (C=O) groups is 3. The van der Waals surface area contributed by atoms with Crippen LogP contribution in [-0.4, -0.2) is 47.8 Å². The Morgan fingerprint density at radius 1 is 1.11 bits per heavy atom. The maximum Gasteiger partial charge on any atom is 0.411 e. The lowest BCUT2D eigenvalue weighted by Gasteiger charge is -2.20. The largest absolute Gasteiger partial charge is 0.480 e. The maximum atomic E-state index is 12.5. The summed E-state index contributed by atoms with van der Waals surface area (Å²) in [6.45, 7) is -1.23. The normalized spacial score (nSPS) is 16.4. The minimum atomic E-state index is -4.53. The standard InChI is InChI=1S/C9H12F3N3O4/c10-9(11,12)8(1-2-8)15-7(19)14-3-5(16)13-4-6(17)18/h1-4H2,(H,13,16)(H,17,18)(H2,14,15,19). The first-order valence-electron chi connectivity index (χ1n) is 5.27. The van der Waals surface area contributed by atoms with Crippen molar-refractivity contribution in [1.82, 2.24) is 16.0 Å². The second-order valence-corrected chi connectivity index (χ2v) is 4.06. The van der Waals surface area contributed by atoms with Crippen LogP contribution >= 0.6 is 0 Å². The molecule has 7 nitrogen and oxygen atoms in total. The SMILES string of the molecule is O=C(O)CNC(=O)CNC(=O)NC1(C(F)(F)F)CC1. The zero-order chi connectivity index (χ0) is 14.7. The molecule has 0 aromatic carbocycles. The summed E-state index contributed by atoms with van der Waals surface area (Å²) >= 11 is 0. The average Bonchev–Trinajstić information content (AvgIpc) is 3.03. The predicted molar refractivity (Wildman–Crippen MR) is 55.2 cm³/mol. The number of rotatable bonds is 5. The fourth-order valence-corrected chi connectivity index (χ4v) is 1.26. The molecule has 3 amide bonds. The molecule has 0 bridgehead atoms. The summed E-state index contributed by atoms with van der Waals surface area (Å²) in [5.74, 6) is -2.08. The summed E-state index contributed by atoms with van der Waals surface area (Å²) in [6.07, 6.45) is -4.93. The second-order valence-electron chi connectivity index (χ2n) is 4.06. The topological polar surface area (TPSA) is 108 Å². The molecule has 10 heteroatoms. The van der Waals surface area contributed by atoms with Crippen LogP contribution in [0.3, 0.4) is 0 Å². The second kappa shape index (κ2) is 5.33. The van der Waals surface area contributed by atoms with Gasteiger partial charge in [-0.2, -0.15) is 13.2 Å². The summed E-state index contributed by atoms with van der Waals surface area (Å²) in [4.78, 5) is 32.3. The first kappa shape index (κ1) is 15.1. The number of carboxylic acid groups (broad SMARTS) is 1. The molecule has 4 N–H and O–H groups in total. The Labute approximate surface area is 105 Å². The van der Waals surface area contributed by atoms with E-state index in [2.05, 4.69) is 0 Å². The molecule has 19 heavy (non-hydrogen) atoms. The molecule has 1 rings (SSSR count). The van der Waals surface area contributed by atoms with Crippen LogP contribution in [0.5, 0.6) is 0 Å². The number of halogens is 3. The van der Waals surface area contributed by atoms with E-state index in [1.165, 1.54) is 0 Å². The highest BCUT2D eigenvalue weighted by Crippen LogP contribution is 2.48. The van der Waals surface area contributed by atoms with Crippen LogP contribution in [0.2, 0.25) is 0 Å². The van der Waals surface area contributed by atoms with Crippen LogP contribution in [-0.2, 0) is 9.59 Å². The van der Waals surface area contributed by atoms with Crippen molar-refractivity contribution in [3.05, 3.63) is 0 Å². The van der Waals surface area contributed by atoms with Crippen LogP contribution in [0.25, 0.3) is 0 Å². The van der Waals surface area contributed by atoms with E-state index < -0.39 is 42.7 Å². The lowest BCUT2D eigenvalue weighted by molar-refractivity contribution is -0.162. The van der Waals surface area contributed by atoms with Gasteiger partial charge >= 0.3 is 18.2 Å². The molecule has 0 aliphatic heterocycles. The smallest absolute Gasteiger partial charge is 0.411 e. The Morgan fingerprint density at radius 2 is 1.68 bits per heavy atom. The van der Waals surface area contributed by atoms with Crippen molar-refractivity contribution in [1.29, 1.82) is 0 Å². The monoisotopic (exact) mass is 283 g/mol. The lowest BCUT2D eigenvalue weighted by atomic mass is 10.2. The fraction of sp³-hybridized carbons (Fsp3) is 0.667. The summed E-state index contributed by atoms with van der Waals surface area (Å²) in [5, 5.41) is 13.9. The summed E-state index contributed by atoms with van der Waals surface area (Å²) in [7, 11) is 0.